The van der Waals surface area contributed by atoms with E-state index in [1.807, 2.05) is 0 Å². The van der Waals surface area contributed by atoms with E-state index in [0.717, 1.165) is 0 Å². The lowest BCUT2D eigenvalue weighted by Crippen LogP contribution is -2.13. The topological polar surface area (TPSA) is 78.6 Å². The first-order valence-corrected chi connectivity index (χ1v) is 3.76. The molecule has 0 unspecified atom stereocenters. The predicted molar refractivity (Wildman–Crippen MR) is 44.3 cm³/mol. The molecular formula is C8H11NO4. The molecule has 0 aliphatic carbocycles. The van der Waals surface area contributed by atoms with Crippen molar-refractivity contribution in [2.45, 2.75) is 19.8 Å². The van der Waals surface area contributed by atoms with Crippen LogP contribution in [0.25, 0.3) is 0 Å². The Bertz CT molecular complexity index is 238. The zero-order valence-electron chi connectivity index (χ0n) is 7.33. The molecule has 0 fully saturated rings. The summed E-state index contributed by atoms with van der Waals surface area (Å²) in [5, 5.41) is 0. The van der Waals surface area contributed by atoms with E-state index in [9.17, 15) is 9.59 Å². The van der Waals surface area contributed by atoms with Gasteiger partial charge in [0.15, 0.2) is 0 Å². The molecule has 0 aliphatic heterocycles. The molecule has 72 valence electrons. The smallest absolute Gasteiger partial charge is 0.434 e. The second-order valence-corrected chi connectivity index (χ2v) is 1.98. The van der Waals surface area contributed by atoms with E-state index in [4.69, 9.17) is 5.73 Å². The van der Waals surface area contributed by atoms with E-state index in [1.165, 1.54) is 0 Å². The van der Waals surface area contributed by atoms with Crippen molar-refractivity contribution in [3.63, 3.8) is 0 Å². The van der Waals surface area contributed by atoms with Crippen LogP contribution in [0.5, 0.6) is 0 Å². The van der Waals surface area contributed by atoms with Crippen molar-refractivity contribution in [3.8, 4) is 12.0 Å². The summed E-state index contributed by atoms with van der Waals surface area (Å²) in [5.74, 6) is 1.79. The van der Waals surface area contributed by atoms with Gasteiger partial charge in [-0.2, -0.15) is 0 Å². The zero-order valence-corrected chi connectivity index (χ0v) is 7.33. The third-order valence-electron chi connectivity index (χ3n) is 1.02. The Kier molecular flexibility index (Phi) is 6.06. The molecule has 0 bridgehead atoms. The van der Waals surface area contributed by atoms with Crippen LogP contribution in [0.15, 0.2) is 0 Å². The molecule has 0 aromatic heterocycles. The van der Waals surface area contributed by atoms with E-state index < -0.39 is 12.1 Å². The maximum atomic E-state index is 10.8. The van der Waals surface area contributed by atoms with Gasteiger partial charge in [-0.05, 0) is 6.92 Å². The third-order valence-corrected chi connectivity index (χ3v) is 1.02. The molecule has 0 aromatic rings. The summed E-state index contributed by atoms with van der Waals surface area (Å²) < 4.78 is 8.60. The molecule has 0 aromatic carbocycles. The second-order valence-electron chi connectivity index (χ2n) is 1.98. The Balaban J connectivity index is 3.59. The van der Waals surface area contributed by atoms with Gasteiger partial charge in [0.1, 0.15) is 0 Å². The number of rotatable bonds is 3. The highest BCUT2D eigenvalue weighted by molar-refractivity contribution is 5.81. The van der Waals surface area contributed by atoms with Crippen LogP contribution in [0, 0.1) is 12.0 Å². The van der Waals surface area contributed by atoms with Crippen LogP contribution in [0.3, 0.4) is 0 Å². The van der Waals surface area contributed by atoms with Gasteiger partial charge in [-0.15, -0.1) is 0 Å². The van der Waals surface area contributed by atoms with E-state index in [-0.39, 0.29) is 19.4 Å². The van der Waals surface area contributed by atoms with Gasteiger partial charge >= 0.3 is 12.1 Å². The number of carbonyl (C=O) groups is 2. The fourth-order valence-corrected chi connectivity index (χ4v) is 0.528. The standard InChI is InChI=1S/C8H11NO4/c1-2-12-8(11)13-7(10)5-3-4-6-9/h2-3,5,9H2,1H3. The van der Waals surface area contributed by atoms with Gasteiger partial charge in [0, 0.05) is 12.5 Å². The fraction of sp³-hybridized carbons (Fsp3) is 0.500. The molecule has 0 aliphatic rings. The SMILES string of the molecule is CCOC(=O)OC(=O)CCC#CN. The molecule has 0 saturated heterocycles. The number of esters is 1. The Morgan fingerprint density at radius 3 is 2.69 bits per heavy atom. The van der Waals surface area contributed by atoms with Crippen LogP contribution in [0.1, 0.15) is 19.8 Å². The van der Waals surface area contributed by atoms with Crippen molar-refractivity contribution in [1.29, 1.82) is 0 Å². The van der Waals surface area contributed by atoms with E-state index >= 15 is 0 Å². The summed E-state index contributed by atoms with van der Waals surface area (Å²) in [6.45, 7) is 1.79. The maximum Gasteiger partial charge on any atom is 0.516 e. The lowest BCUT2D eigenvalue weighted by atomic mass is 10.3. The second kappa shape index (κ2) is 6.98. The van der Waals surface area contributed by atoms with Crippen molar-refractivity contribution >= 4 is 12.1 Å². The van der Waals surface area contributed by atoms with Crippen LogP contribution in [0.2, 0.25) is 0 Å². The van der Waals surface area contributed by atoms with Crippen molar-refractivity contribution in [3.05, 3.63) is 0 Å². The van der Waals surface area contributed by atoms with E-state index in [1.54, 1.807) is 6.92 Å². The summed E-state index contributed by atoms with van der Waals surface area (Å²) in [4.78, 5) is 21.3. The van der Waals surface area contributed by atoms with Gasteiger partial charge in [-0.25, -0.2) is 4.79 Å². The highest BCUT2D eigenvalue weighted by Crippen LogP contribution is 1.93. The highest BCUT2D eigenvalue weighted by Gasteiger charge is 2.09. The van der Waals surface area contributed by atoms with Gasteiger partial charge in [-0.1, -0.05) is 5.92 Å². The molecule has 0 heterocycles. The first kappa shape index (κ1) is 11.3. The highest BCUT2D eigenvalue weighted by atomic mass is 16.7. The molecule has 2 N–H and O–H groups in total. The maximum absolute atomic E-state index is 10.8. The number of carbonyl (C=O) groups excluding carboxylic acids is 2. The molecule has 0 rings (SSSR count). The lowest BCUT2D eigenvalue weighted by Gasteiger charge is -2.00. The molecule has 0 saturated carbocycles. The van der Waals surface area contributed by atoms with Gasteiger partial charge in [0.05, 0.1) is 13.0 Å². The molecule has 13 heavy (non-hydrogen) atoms. The molecular weight excluding hydrogens is 174 g/mol. The molecule has 5 heteroatoms. The summed E-state index contributed by atoms with van der Waals surface area (Å²) >= 11 is 0. The minimum absolute atomic E-state index is 0.0308. The number of hydrogen-bond donors (Lipinski definition) is 1. The summed E-state index contributed by atoms with van der Waals surface area (Å²) in [6, 6.07) is 2.13. The first-order valence-electron chi connectivity index (χ1n) is 3.76. The van der Waals surface area contributed by atoms with Crippen molar-refractivity contribution in [2.24, 2.45) is 5.73 Å². The van der Waals surface area contributed by atoms with Crippen molar-refractivity contribution < 1.29 is 19.1 Å². The molecule has 0 radical (unpaired) electrons. The summed E-state index contributed by atoms with van der Waals surface area (Å²) in [6.07, 6.45) is -0.675. The molecule has 0 amide bonds. The van der Waals surface area contributed by atoms with Crippen LogP contribution >= 0.6 is 0 Å². The Hall–Kier alpha value is -1.70. The molecule has 0 atom stereocenters. The van der Waals surface area contributed by atoms with Crippen LogP contribution in [-0.4, -0.2) is 18.7 Å². The molecule has 5 nitrogen and oxygen atoms in total. The largest absolute Gasteiger partial charge is 0.516 e. The Morgan fingerprint density at radius 1 is 1.46 bits per heavy atom. The van der Waals surface area contributed by atoms with Gasteiger partial charge in [0.2, 0.25) is 0 Å². The average Bonchev–Trinajstić information content (AvgIpc) is 2.05. The summed E-state index contributed by atoms with van der Waals surface area (Å²) in [5.41, 5.74) is 4.86. The summed E-state index contributed by atoms with van der Waals surface area (Å²) in [7, 11) is 0. The fourth-order valence-electron chi connectivity index (χ4n) is 0.528. The van der Waals surface area contributed by atoms with Crippen LogP contribution in [0.4, 0.5) is 4.79 Å². The van der Waals surface area contributed by atoms with Crippen molar-refractivity contribution in [2.75, 3.05) is 6.61 Å². The minimum atomic E-state index is -0.979. The normalized spacial score (nSPS) is 8.08. The van der Waals surface area contributed by atoms with Gasteiger partial charge in [-0.3, -0.25) is 4.79 Å². The van der Waals surface area contributed by atoms with Gasteiger partial charge < -0.3 is 15.2 Å². The monoisotopic (exact) mass is 185 g/mol. The number of ether oxygens (including phenoxy) is 2. The average molecular weight is 185 g/mol. The first-order chi connectivity index (χ1) is 6.20. The predicted octanol–water partition coefficient (Wildman–Crippen LogP) is 0.386. The van der Waals surface area contributed by atoms with E-state index in [0.29, 0.717) is 0 Å². The molecule has 0 spiro atoms. The quantitative estimate of drug-likeness (QED) is 0.298. The van der Waals surface area contributed by atoms with Gasteiger partial charge in [0.25, 0.3) is 0 Å². The van der Waals surface area contributed by atoms with E-state index in [2.05, 4.69) is 21.4 Å². The Morgan fingerprint density at radius 2 is 2.15 bits per heavy atom. The zero-order chi connectivity index (χ0) is 10.1. The lowest BCUT2D eigenvalue weighted by molar-refractivity contribution is -0.139. The Labute approximate surface area is 76.2 Å². The van der Waals surface area contributed by atoms with Crippen LogP contribution in [-0.2, 0) is 14.3 Å². The van der Waals surface area contributed by atoms with Crippen molar-refractivity contribution in [1.82, 2.24) is 0 Å². The third kappa shape index (κ3) is 6.69. The number of nitrogens with two attached hydrogens (primary N) is 1. The minimum Gasteiger partial charge on any atom is -0.434 e. The number of hydrogen-bond acceptors (Lipinski definition) is 5. The van der Waals surface area contributed by atoms with Crippen LogP contribution < -0.4 is 5.73 Å².